The predicted octanol–water partition coefficient (Wildman–Crippen LogP) is 2.95. The minimum Gasteiger partial charge on any atom is -0.444 e. The molecule has 2 aromatic heterocycles. The number of oxazole rings is 1. The predicted molar refractivity (Wildman–Crippen MR) is 88.3 cm³/mol. The van der Waals surface area contributed by atoms with Gasteiger partial charge < -0.3 is 13.8 Å². The molecule has 1 aromatic carbocycles. The normalized spacial score (nSPS) is 18.1. The molecule has 1 unspecified atom stereocenters. The fraction of sp³-hybridized carbons (Fsp3) is 0.389. The summed E-state index contributed by atoms with van der Waals surface area (Å²) in [4.78, 5) is 11.2. The molecule has 1 aliphatic heterocycles. The third-order valence-corrected chi connectivity index (χ3v) is 4.44. The summed E-state index contributed by atoms with van der Waals surface area (Å²) in [6.07, 6.45) is 3.99. The van der Waals surface area contributed by atoms with E-state index in [0.717, 1.165) is 25.1 Å². The van der Waals surface area contributed by atoms with Crippen LogP contribution in [0.25, 0.3) is 11.5 Å². The maximum atomic E-state index is 13.0. The van der Waals surface area contributed by atoms with Gasteiger partial charge in [0.2, 0.25) is 11.8 Å². The van der Waals surface area contributed by atoms with E-state index in [-0.39, 0.29) is 5.82 Å². The first-order valence-electron chi connectivity index (χ1n) is 8.36. The molecule has 1 aliphatic rings. The third kappa shape index (κ3) is 3.76. The highest BCUT2D eigenvalue weighted by Crippen LogP contribution is 2.21. The molecule has 6 nitrogen and oxygen atoms in total. The van der Waals surface area contributed by atoms with Crippen molar-refractivity contribution < 1.29 is 13.3 Å². The molecule has 25 heavy (non-hydrogen) atoms. The highest BCUT2D eigenvalue weighted by Gasteiger charge is 2.22. The number of aromatic nitrogens is 3. The van der Waals surface area contributed by atoms with Crippen LogP contribution in [0.4, 0.5) is 4.39 Å². The van der Waals surface area contributed by atoms with E-state index in [9.17, 15) is 4.39 Å². The van der Waals surface area contributed by atoms with E-state index in [1.54, 1.807) is 18.4 Å². The van der Waals surface area contributed by atoms with Crippen molar-refractivity contribution in [1.82, 2.24) is 20.0 Å². The third-order valence-electron chi connectivity index (χ3n) is 4.44. The Morgan fingerprint density at radius 1 is 1.24 bits per heavy atom. The molecule has 3 aromatic rings. The average molecular weight is 342 g/mol. The van der Waals surface area contributed by atoms with E-state index >= 15 is 0 Å². The van der Waals surface area contributed by atoms with Gasteiger partial charge in [-0.3, -0.25) is 0 Å². The van der Waals surface area contributed by atoms with Crippen molar-refractivity contribution in [3.63, 3.8) is 0 Å². The fourth-order valence-corrected chi connectivity index (χ4v) is 3.16. The lowest BCUT2D eigenvalue weighted by molar-refractivity contribution is 0.341. The van der Waals surface area contributed by atoms with E-state index in [1.807, 2.05) is 0 Å². The second-order valence-electron chi connectivity index (χ2n) is 6.55. The Morgan fingerprint density at radius 3 is 2.84 bits per heavy atom. The van der Waals surface area contributed by atoms with Gasteiger partial charge in [0.05, 0.1) is 12.1 Å². The van der Waals surface area contributed by atoms with Crippen LogP contribution in [0.3, 0.4) is 0 Å². The zero-order chi connectivity index (χ0) is 17.2. The summed E-state index contributed by atoms with van der Waals surface area (Å²) in [6.45, 7) is 2.19. The number of nitrogens with zero attached hydrogens (tertiary/aromatic N) is 4. The van der Waals surface area contributed by atoms with Crippen molar-refractivity contribution in [2.24, 2.45) is 5.92 Å². The first-order chi connectivity index (χ1) is 12.2. The first kappa shape index (κ1) is 16.0. The lowest BCUT2D eigenvalue weighted by atomic mass is 10.1. The molecular formula is C18H19FN4O2. The minimum absolute atomic E-state index is 0.289. The summed E-state index contributed by atoms with van der Waals surface area (Å²) >= 11 is 0. The highest BCUT2D eigenvalue weighted by molar-refractivity contribution is 5.52. The largest absolute Gasteiger partial charge is 0.444 e. The van der Waals surface area contributed by atoms with Crippen LogP contribution in [0.15, 0.2) is 39.5 Å². The summed E-state index contributed by atoms with van der Waals surface area (Å²) in [6, 6.07) is 6.03. The van der Waals surface area contributed by atoms with E-state index in [0.29, 0.717) is 35.6 Å². The van der Waals surface area contributed by atoms with Gasteiger partial charge in [0, 0.05) is 18.5 Å². The summed E-state index contributed by atoms with van der Waals surface area (Å²) in [5.74, 6) is 2.02. The van der Waals surface area contributed by atoms with Crippen molar-refractivity contribution >= 4 is 0 Å². The van der Waals surface area contributed by atoms with Gasteiger partial charge in [0.15, 0.2) is 5.82 Å². The lowest BCUT2D eigenvalue weighted by Gasteiger charge is -2.06. The monoisotopic (exact) mass is 342 g/mol. The Bertz CT molecular complexity index is 843. The van der Waals surface area contributed by atoms with Crippen LogP contribution in [0.5, 0.6) is 0 Å². The Morgan fingerprint density at radius 2 is 2.08 bits per heavy atom. The van der Waals surface area contributed by atoms with Crippen LogP contribution in [-0.2, 0) is 12.8 Å². The van der Waals surface area contributed by atoms with Gasteiger partial charge in [0.1, 0.15) is 12.1 Å². The molecule has 0 amide bonds. The first-order valence-corrected chi connectivity index (χ1v) is 8.36. The molecule has 3 heterocycles. The van der Waals surface area contributed by atoms with Crippen molar-refractivity contribution in [1.29, 1.82) is 0 Å². The SMILES string of the molecule is CN1CCC(Cc2nc(Cc3coc(-c4ccc(F)cc4)n3)no2)C1. The highest BCUT2D eigenvalue weighted by atomic mass is 19.1. The van der Waals surface area contributed by atoms with E-state index < -0.39 is 0 Å². The molecule has 4 rings (SSSR count). The van der Waals surface area contributed by atoms with Crippen LogP contribution in [0, 0.1) is 11.7 Å². The minimum atomic E-state index is -0.289. The van der Waals surface area contributed by atoms with Crippen LogP contribution in [0.2, 0.25) is 0 Å². The van der Waals surface area contributed by atoms with Crippen molar-refractivity contribution in [2.45, 2.75) is 19.3 Å². The van der Waals surface area contributed by atoms with E-state index in [4.69, 9.17) is 8.94 Å². The molecule has 0 N–H and O–H groups in total. The Kier molecular flexibility index (Phi) is 4.31. The van der Waals surface area contributed by atoms with E-state index in [1.165, 1.54) is 18.6 Å². The number of hydrogen-bond donors (Lipinski definition) is 0. The van der Waals surface area contributed by atoms with Gasteiger partial charge in [-0.2, -0.15) is 4.98 Å². The molecule has 0 spiro atoms. The van der Waals surface area contributed by atoms with Crippen LogP contribution in [-0.4, -0.2) is 40.2 Å². The second-order valence-corrected chi connectivity index (χ2v) is 6.55. The molecule has 1 fully saturated rings. The molecule has 130 valence electrons. The summed E-state index contributed by atoms with van der Waals surface area (Å²) in [5, 5.41) is 4.04. The molecule has 0 saturated carbocycles. The summed E-state index contributed by atoms with van der Waals surface area (Å²) in [7, 11) is 2.13. The Hall–Kier alpha value is -2.54. The zero-order valence-corrected chi connectivity index (χ0v) is 14.0. The van der Waals surface area contributed by atoms with Crippen LogP contribution < -0.4 is 0 Å². The lowest BCUT2D eigenvalue weighted by Crippen LogP contribution is -2.15. The number of likely N-dealkylation sites (tertiary alicyclic amines) is 1. The van der Waals surface area contributed by atoms with Crippen LogP contribution >= 0.6 is 0 Å². The van der Waals surface area contributed by atoms with Gasteiger partial charge >= 0.3 is 0 Å². The molecule has 0 radical (unpaired) electrons. The second kappa shape index (κ2) is 6.76. The van der Waals surface area contributed by atoms with E-state index in [2.05, 4.69) is 27.1 Å². The standard InChI is InChI=1S/C18H19FN4O2/c1-23-7-6-12(10-23)8-17-21-16(22-25-17)9-15-11-24-18(20-15)13-2-4-14(19)5-3-13/h2-5,11-12H,6-10H2,1H3. The average Bonchev–Trinajstić information content (AvgIpc) is 3.32. The maximum Gasteiger partial charge on any atom is 0.226 e. The quantitative estimate of drug-likeness (QED) is 0.710. The number of halogens is 1. The Labute approximate surface area is 144 Å². The van der Waals surface area contributed by atoms with Gasteiger partial charge in [-0.1, -0.05) is 5.16 Å². The Balaban J connectivity index is 1.40. The molecular weight excluding hydrogens is 323 g/mol. The summed E-state index contributed by atoms with van der Waals surface area (Å²) < 4.78 is 23.8. The van der Waals surface area contributed by atoms with Crippen molar-refractivity contribution in [2.75, 3.05) is 20.1 Å². The molecule has 7 heteroatoms. The van der Waals surface area contributed by atoms with Crippen molar-refractivity contribution in [3.8, 4) is 11.5 Å². The molecule has 0 aliphatic carbocycles. The number of hydrogen-bond acceptors (Lipinski definition) is 6. The van der Waals surface area contributed by atoms with Gasteiger partial charge in [-0.25, -0.2) is 9.37 Å². The maximum absolute atomic E-state index is 13.0. The fourth-order valence-electron chi connectivity index (χ4n) is 3.16. The number of rotatable bonds is 5. The summed E-state index contributed by atoms with van der Waals surface area (Å²) in [5.41, 5.74) is 1.44. The molecule has 1 atom stereocenters. The molecule has 0 bridgehead atoms. The van der Waals surface area contributed by atoms with Crippen LogP contribution in [0.1, 0.15) is 23.8 Å². The number of benzene rings is 1. The zero-order valence-electron chi connectivity index (χ0n) is 14.0. The van der Waals surface area contributed by atoms with Crippen molar-refractivity contribution in [3.05, 3.63) is 53.8 Å². The molecule has 1 saturated heterocycles. The van der Waals surface area contributed by atoms with Gasteiger partial charge in [0.25, 0.3) is 0 Å². The smallest absolute Gasteiger partial charge is 0.226 e. The van der Waals surface area contributed by atoms with Gasteiger partial charge in [-0.05, 0) is 50.2 Å². The topological polar surface area (TPSA) is 68.2 Å². The van der Waals surface area contributed by atoms with Gasteiger partial charge in [-0.15, -0.1) is 0 Å².